The Bertz CT molecular complexity index is 141. The maximum Gasteiger partial charge on any atom is 0.0675 e. The molecule has 0 aliphatic heterocycles. The van der Waals surface area contributed by atoms with Gasteiger partial charge in [0.2, 0.25) is 0 Å². The van der Waals surface area contributed by atoms with Gasteiger partial charge in [0.15, 0.2) is 0 Å². The summed E-state index contributed by atoms with van der Waals surface area (Å²) in [5, 5.41) is 9.48. The van der Waals surface area contributed by atoms with Crippen molar-refractivity contribution in [2.75, 3.05) is 0 Å². The lowest BCUT2D eigenvalue weighted by atomic mass is 9.96. The van der Waals surface area contributed by atoms with Gasteiger partial charge in [-0.25, -0.2) is 0 Å². The summed E-state index contributed by atoms with van der Waals surface area (Å²) in [5.74, 6) is 6.08. The van der Waals surface area contributed by atoms with Gasteiger partial charge in [0.05, 0.1) is 6.10 Å². The van der Waals surface area contributed by atoms with Crippen molar-refractivity contribution in [2.24, 2.45) is 5.92 Å². The maximum atomic E-state index is 9.48. The van der Waals surface area contributed by atoms with E-state index in [1.165, 1.54) is 0 Å². The van der Waals surface area contributed by atoms with Crippen molar-refractivity contribution in [3.8, 4) is 11.8 Å². The zero-order valence-corrected chi connectivity index (χ0v) is 7.72. The third-order valence-corrected chi connectivity index (χ3v) is 1.81. The van der Waals surface area contributed by atoms with Crippen LogP contribution in [0.3, 0.4) is 0 Å². The lowest BCUT2D eigenvalue weighted by molar-refractivity contribution is 0.125. The SMILES string of the molecule is CC#CC(CCC)C(O)CC. The summed E-state index contributed by atoms with van der Waals surface area (Å²) in [7, 11) is 0. The van der Waals surface area contributed by atoms with Crippen LogP contribution >= 0.6 is 0 Å². The van der Waals surface area contributed by atoms with E-state index in [0.29, 0.717) is 0 Å². The van der Waals surface area contributed by atoms with E-state index in [1.54, 1.807) is 0 Å². The molecular formula is C10H18O. The average molecular weight is 154 g/mol. The molecule has 0 spiro atoms. The number of hydrogen-bond donors (Lipinski definition) is 1. The van der Waals surface area contributed by atoms with Gasteiger partial charge in [0, 0.05) is 5.92 Å². The van der Waals surface area contributed by atoms with Crippen LogP contribution in [0.5, 0.6) is 0 Å². The fraction of sp³-hybridized carbons (Fsp3) is 0.800. The van der Waals surface area contributed by atoms with Crippen LogP contribution in [0.2, 0.25) is 0 Å². The van der Waals surface area contributed by atoms with Crippen LogP contribution in [0, 0.1) is 17.8 Å². The molecule has 0 aromatic heterocycles. The minimum absolute atomic E-state index is 0.190. The number of rotatable bonds is 4. The molecule has 0 rings (SSSR count). The van der Waals surface area contributed by atoms with Crippen LogP contribution in [-0.2, 0) is 0 Å². The second-order valence-corrected chi connectivity index (χ2v) is 2.77. The molecule has 1 nitrogen and oxygen atoms in total. The molecule has 0 aliphatic carbocycles. The minimum atomic E-state index is -0.234. The van der Waals surface area contributed by atoms with Gasteiger partial charge in [0.25, 0.3) is 0 Å². The highest BCUT2D eigenvalue weighted by atomic mass is 16.3. The monoisotopic (exact) mass is 154 g/mol. The highest BCUT2D eigenvalue weighted by molar-refractivity contribution is 5.03. The predicted molar refractivity (Wildman–Crippen MR) is 48.1 cm³/mol. The Hall–Kier alpha value is -0.480. The Morgan fingerprint density at radius 3 is 2.36 bits per heavy atom. The van der Waals surface area contributed by atoms with Crippen LogP contribution in [0.25, 0.3) is 0 Å². The molecule has 0 amide bonds. The normalized spacial score (nSPS) is 14.9. The molecule has 0 aliphatic rings. The van der Waals surface area contributed by atoms with E-state index in [-0.39, 0.29) is 12.0 Å². The summed E-state index contributed by atoms with van der Waals surface area (Å²) in [5.41, 5.74) is 0. The smallest absolute Gasteiger partial charge is 0.0675 e. The predicted octanol–water partition coefficient (Wildman–Crippen LogP) is 2.20. The van der Waals surface area contributed by atoms with E-state index in [9.17, 15) is 5.11 Å². The van der Waals surface area contributed by atoms with E-state index in [4.69, 9.17) is 0 Å². The molecule has 1 heteroatoms. The third-order valence-electron chi connectivity index (χ3n) is 1.81. The second kappa shape index (κ2) is 6.24. The van der Waals surface area contributed by atoms with Crippen LogP contribution < -0.4 is 0 Å². The molecule has 2 unspecified atom stereocenters. The van der Waals surface area contributed by atoms with Gasteiger partial charge in [0.1, 0.15) is 0 Å². The number of aliphatic hydroxyl groups is 1. The Balaban J connectivity index is 3.93. The van der Waals surface area contributed by atoms with Crippen LogP contribution in [0.4, 0.5) is 0 Å². The highest BCUT2D eigenvalue weighted by Crippen LogP contribution is 2.12. The lowest BCUT2D eigenvalue weighted by Gasteiger charge is -2.14. The molecule has 11 heavy (non-hydrogen) atoms. The molecule has 0 radical (unpaired) electrons. The first-order chi connectivity index (χ1) is 5.26. The first-order valence-corrected chi connectivity index (χ1v) is 4.36. The van der Waals surface area contributed by atoms with Crippen molar-refractivity contribution in [1.29, 1.82) is 0 Å². The minimum Gasteiger partial charge on any atom is -0.392 e. The summed E-state index contributed by atoms with van der Waals surface area (Å²) in [4.78, 5) is 0. The van der Waals surface area contributed by atoms with Crippen LogP contribution in [0.15, 0.2) is 0 Å². The first kappa shape index (κ1) is 10.5. The van der Waals surface area contributed by atoms with E-state index < -0.39 is 0 Å². The zero-order valence-electron chi connectivity index (χ0n) is 7.72. The molecule has 0 heterocycles. The van der Waals surface area contributed by atoms with Crippen molar-refractivity contribution in [2.45, 2.75) is 46.1 Å². The maximum absolute atomic E-state index is 9.48. The zero-order chi connectivity index (χ0) is 8.69. The molecule has 0 aromatic rings. The largest absolute Gasteiger partial charge is 0.392 e. The molecule has 0 fully saturated rings. The number of hydrogen-bond acceptors (Lipinski definition) is 1. The Morgan fingerprint density at radius 1 is 1.36 bits per heavy atom. The fourth-order valence-corrected chi connectivity index (χ4v) is 1.14. The fourth-order valence-electron chi connectivity index (χ4n) is 1.14. The summed E-state index contributed by atoms with van der Waals surface area (Å²) >= 11 is 0. The number of aliphatic hydroxyl groups excluding tert-OH is 1. The van der Waals surface area contributed by atoms with E-state index >= 15 is 0 Å². The molecule has 0 aromatic carbocycles. The Kier molecular flexibility index (Phi) is 5.97. The van der Waals surface area contributed by atoms with Crippen molar-refractivity contribution >= 4 is 0 Å². The van der Waals surface area contributed by atoms with Crippen LogP contribution in [0.1, 0.15) is 40.0 Å². The van der Waals surface area contributed by atoms with Gasteiger partial charge < -0.3 is 5.11 Å². The van der Waals surface area contributed by atoms with Gasteiger partial charge in [-0.2, -0.15) is 0 Å². The van der Waals surface area contributed by atoms with Gasteiger partial charge >= 0.3 is 0 Å². The molecule has 0 bridgehead atoms. The van der Waals surface area contributed by atoms with Crippen molar-refractivity contribution in [3.05, 3.63) is 0 Å². The standard InChI is InChI=1S/C10H18O/c1-4-7-9(8-5-2)10(11)6-3/h9-11H,4,6-7H2,1-3H3. The van der Waals surface area contributed by atoms with E-state index in [1.807, 2.05) is 13.8 Å². The van der Waals surface area contributed by atoms with Gasteiger partial charge in [-0.05, 0) is 19.8 Å². The van der Waals surface area contributed by atoms with Gasteiger partial charge in [-0.3, -0.25) is 0 Å². The molecule has 0 saturated heterocycles. The molecular weight excluding hydrogens is 136 g/mol. The molecule has 0 saturated carbocycles. The Labute approximate surface area is 69.8 Å². The summed E-state index contributed by atoms with van der Waals surface area (Å²) in [6.45, 7) is 5.93. The first-order valence-electron chi connectivity index (χ1n) is 4.36. The summed E-state index contributed by atoms with van der Waals surface area (Å²) in [6, 6.07) is 0. The quantitative estimate of drug-likeness (QED) is 0.615. The third kappa shape index (κ3) is 4.06. The summed E-state index contributed by atoms with van der Waals surface area (Å²) < 4.78 is 0. The topological polar surface area (TPSA) is 20.2 Å². The Morgan fingerprint density at radius 2 is 2.00 bits per heavy atom. The van der Waals surface area contributed by atoms with Crippen molar-refractivity contribution in [1.82, 2.24) is 0 Å². The second-order valence-electron chi connectivity index (χ2n) is 2.77. The molecule has 64 valence electrons. The van der Waals surface area contributed by atoms with Crippen molar-refractivity contribution < 1.29 is 5.11 Å². The molecule has 1 N–H and O–H groups in total. The van der Waals surface area contributed by atoms with Gasteiger partial charge in [-0.15, -0.1) is 5.92 Å². The van der Waals surface area contributed by atoms with Crippen LogP contribution in [-0.4, -0.2) is 11.2 Å². The van der Waals surface area contributed by atoms with Gasteiger partial charge in [-0.1, -0.05) is 26.2 Å². The van der Waals surface area contributed by atoms with Crippen molar-refractivity contribution in [3.63, 3.8) is 0 Å². The summed E-state index contributed by atoms with van der Waals surface area (Å²) in [6.07, 6.45) is 2.67. The highest BCUT2D eigenvalue weighted by Gasteiger charge is 2.12. The molecule has 2 atom stereocenters. The van der Waals surface area contributed by atoms with E-state index in [0.717, 1.165) is 19.3 Å². The van der Waals surface area contributed by atoms with E-state index in [2.05, 4.69) is 18.8 Å². The lowest BCUT2D eigenvalue weighted by Crippen LogP contribution is -2.17. The average Bonchev–Trinajstić information content (AvgIpc) is 2.03.